The fraction of sp³-hybridized carbons (Fsp3) is 0.176. The van der Waals surface area contributed by atoms with Gasteiger partial charge in [0.1, 0.15) is 0 Å². The zero-order valence-corrected chi connectivity index (χ0v) is 14.2. The van der Waals surface area contributed by atoms with Crippen LogP contribution in [0.3, 0.4) is 0 Å². The first kappa shape index (κ1) is 18.2. The Morgan fingerprint density at radius 3 is 2.68 bits per heavy atom. The van der Waals surface area contributed by atoms with Gasteiger partial charge in [0.15, 0.2) is 11.5 Å². The van der Waals surface area contributed by atoms with Gasteiger partial charge in [-0.25, -0.2) is 4.79 Å². The molecule has 2 aromatic carbocycles. The first-order chi connectivity index (χ1) is 11.9. The van der Waals surface area contributed by atoms with Crippen molar-refractivity contribution >= 4 is 23.3 Å². The summed E-state index contributed by atoms with van der Waals surface area (Å²) in [5.41, 5.74) is 0.484. The van der Waals surface area contributed by atoms with Crippen molar-refractivity contribution in [3.8, 4) is 17.6 Å². The predicted molar refractivity (Wildman–Crippen MR) is 90.1 cm³/mol. The third-order valence-electron chi connectivity index (χ3n) is 3.27. The van der Waals surface area contributed by atoms with E-state index >= 15 is 0 Å². The van der Waals surface area contributed by atoms with E-state index < -0.39 is 10.9 Å². The number of nitriles is 1. The highest BCUT2D eigenvalue weighted by atomic mass is 35.5. The maximum absolute atomic E-state index is 12.3. The smallest absolute Gasteiger partial charge is 0.343 e. The maximum Gasteiger partial charge on any atom is 0.343 e. The molecule has 0 fully saturated rings. The summed E-state index contributed by atoms with van der Waals surface area (Å²) in [5, 5.41) is 20.0. The van der Waals surface area contributed by atoms with E-state index in [1.807, 2.05) is 6.07 Å². The highest BCUT2D eigenvalue weighted by Crippen LogP contribution is 2.37. The van der Waals surface area contributed by atoms with E-state index in [9.17, 15) is 14.9 Å². The minimum absolute atomic E-state index is 0.000162. The Labute approximate surface area is 148 Å². The Hall–Kier alpha value is -3.11. The topological polar surface area (TPSA) is 102 Å². The van der Waals surface area contributed by atoms with E-state index in [1.54, 1.807) is 13.8 Å². The van der Waals surface area contributed by atoms with Crippen LogP contribution in [0.15, 0.2) is 30.3 Å². The zero-order chi connectivity index (χ0) is 18.6. The third-order valence-corrected chi connectivity index (χ3v) is 3.56. The van der Waals surface area contributed by atoms with Crippen LogP contribution < -0.4 is 9.47 Å². The Morgan fingerprint density at radius 1 is 1.36 bits per heavy atom. The Balaban J connectivity index is 2.40. The van der Waals surface area contributed by atoms with E-state index in [0.717, 1.165) is 6.07 Å². The van der Waals surface area contributed by atoms with Gasteiger partial charge in [-0.3, -0.25) is 10.1 Å². The van der Waals surface area contributed by atoms with Crippen molar-refractivity contribution < 1.29 is 19.2 Å². The number of esters is 1. The number of hydrogen-bond donors (Lipinski definition) is 0. The number of nitro groups is 1. The molecule has 0 aromatic heterocycles. The molecule has 0 aliphatic rings. The Bertz CT molecular complexity index is 889. The fourth-order valence-electron chi connectivity index (χ4n) is 2.08. The van der Waals surface area contributed by atoms with Crippen LogP contribution in [0.25, 0.3) is 0 Å². The van der Waals surface area contributed by atoms with Crippen LogP contribution in [0.1, 0.15) is 28.4 Å². The lowest BCUT2D eigenvalue weighted by atomic mass is 10.1. The van der Waals surface area contributed by atoms with Gasteiger partial charge < -0.3 is 9.47 Å². The van der Waals surface area contributed by atoms with Crippen molar-refractivity contribution in [2.45, 2.75) is 13.8 Å². The molecule has 0 heterocycles. The van der Waals surface area contributed by atoms with Crippen LogP contribution in [-0.4, -0.2) is 17.5 Å². The largest absolute Gasteiger partial charge is 0.490 e. The lowest BCUT2D eigenvalue weighted by Crippen LogP contribution is -2.11. The molecule has 8 heteroatoms. The number of carbonyl (C=O) groups excluding carboxylic acids is 1. The van der Waals surface area contributed by atoms with Gasteiger partial charge in [0.25, 0.3) is 5.69 Å². The van der Waals surface area contributed by atoms with Crippen LogP contribution in [0, 0.1) is 28.4 Å². The number of aryl methyl sites for hydroxylation is 1. The van der Waals surface area contributed by atoms with Gasteiger partial charge in [0, 0.05) is 17.7 Å². The SMILES string of the molecule is CCOc1cc(C#N)cc(Cl)c1OC(=O)c1ccc(C)c([N+](=O)[O-])c1. The van der Waals surface area contributed by atoms with Crippen LogP contribution in [-0.2, 0) is 0 Å². The van der Waals surface area contributed by atoms with Crippen molar-refractivity contribution in [2.75, 3.05) is 6.61 Å². The number of nitrogens with zero attached hydrogens (tertiary/aromatic N) is 2. The summed E-state index contributed by atoms with van der Waals surface area (Å²) in [6.07, 6.45) is 0. The molecule has 0 saturated heterocycles. The lowest BCUT2D eigenvalue weighted by molar-refractivity contribution is -0.385. The molecule has 2 aromatic rings. The number of hydrogen-bond acceptors (Lipinski definition) is 6. The average molecular weight is 361 g/mol. The third kappa shape index (κ3) is 4.05. The maximum atomic E-state index is 12.3. The van der Waals surface area contributed by atoms with Crippen LogP contribution in [0.5, 0.6) is 11.5 Å². The van der Waals surface area contributed by atoms with Crippen LogP contribution in [0.2, 0.25) is 5.02 Å². The van der Waals surface area contributed by atoms with E-state index in [4.69, 9.17) is 26.3 Å². The van der Waals surface area contributed by atoms with Gasteiger partial charge in [0.2, 0.25) is 0 Å². The Morgan fingerprint density at radius 2 is 2.08 bits per heavy atom. The predicted octanol–water partition coefficient (Wildman–Crippen LogP) is 4.05. The number of rotatable bonds is 5. The van der Waals surface area contributed by atoms with Crippen LogP contribution in [0.4, 0.5) is 5.69 Å². The quantitative estimate of drug-likeness (QED) is 0.345. The molecule has 0 amide bonds. The summed E-state index contributed by atoms with van der Waals surface area (Å²) in [4.78, 5) is 22.8. The molecule has 128 valence electrons. The van der Waals surface area contributed by atoms with E-state index in [1.165, 1.54) is 24.3 Å². The second kappa shape index (κ2) is 7.64. The molecule has 0 spiro atoms. The summed E-state index contributed by atoms with van der Waals surface area (Å²) in [5.74, 6) is -0.729. The molecule has 0 N–H and O–H groups in total. The highest BCUT2D eigenvalue weighted by molar-refractivity contribution is 6.32. The first-order valence-corrected chi connectivity index (χ1v) is 7.58. The molecular formula is C17H13ClN2O5. The molecule has 2 rings (SSSR count). The van der Waals surface area contributed by atoms with Gasteiger partial charge in [-0.1, -0.05) is 17.7 Å². The molecule has 0 atom stereocenters. The molecule has 0 radical (unpaired) electrons. The average Bonchev–Trinajstić information content (AvgIpc) is 2.57. The van der Waals surface area contributed by atoms with E-state index in [2.05, 4.69) is 0 Å². The second-order valence-electron chi connectivity index (χ2n) is 4.98. The van der Waals surface area contributed by atoms with E-state index in [-0.39, 0.29) is 39.9 Å². The normalized spacial score (nSPS) is 10.0. The minimum atomic E-state index is -0.823. The van der Waals surface area contributed by atoms with Crippen molar-refractivity contribution in [1.82, 2.24) is 0 Å². The summed E-state index contributed by atoms with van der Waals surface area (Å²) in [7, 11) is 0. The fourth-order valence-corrected chi connectivity index (χ4v) is 2.33. The van der Waals surface area contributed by atoms with E-state index in [0.29, 0.717) is 5.56 Å². The molecular weight excluding hydrogens is 348 g/mol. The number of nitro benzene ring substituents is 1. The zero-order valence-electron chi connectivity index (χ0n) is 13.4. The van der Waals surface area contributed by atoms with Gasteiger partial charge in [-0.15, -0.1) is 0 Å². The second-order valence-corrected chi connectivity index (χ2v) is 5.39. The number of benzene rings is 2. The number of halogens is 1. The standard InChI is InChI=1S/C17H13ClN2O5/c1-3-24-15-7-11(9-19)6-13(18)16(15)25-17(21)12-5-4-10(2)14(8-12)20(22)23/h4-8H,3H2,1-2H3. The van der Waals surface area contributed by atoms with Crippen LogP contribution >= 0.6 is 11.6 Å². The van der Waals surface area contributed by atoms with Gasteiger partial charge in [-0.2, -0.15) is 5.26 Å². The number of ether oxygens (including phenoxy) is 2. The molecule has 0 aliphatic heterocycles. The minimum Gasteiger partial charge on any atom is -0.490 e. The van der Waals surface area contributed by atoms with Crippen molar-refractivity contribution in [3.05, 3.63) is 62.2 Å². The van der Waals surface area contributed by atoms with Gasteiger partial charge in [0.05, 0.1) is 33.7 Å². The molecule has 0 unspecified atom stereocenters. The molecule has 0 bridgehead atoms. The Kier molecular flexibility index (Phi) is 5.57. The molecule has 0 aliphatic carbocycles. The summed E-state index contributed by atoms with van der Waals surface area (Å²) < 4.78 is 10.6. The molecule has 0 saturated carbocycles. The summed E-state index contributed by atoms with van der Waals surface area (Å²) in [6.45, 7) is 3.56. The monoisotopic (exact) mass is 360 g/mol. The van der Waals surface area contributed by atoms with Crippen molar-refractivity contribution in [2.24, 2.45) is 0 Å². The van der Waals surface area contributed by atoms with Crippen molar-refractivity contribution in [1.29, 1.82) is 5.26 Å². The van der Waals surface area contributed by atoms with Gasteiger partial charge in [-0.05, 0) is 26.0 Å². The highest BCUT2D eigenvalue weighted by Gasteiger charge is 2.20. The summed E-state index contributed by atoms with van der Waals surface area (Å²) in [6, 6.07) is 8.67. The van der Waals surface area contributed by atoms with Gasteiger partial charge >= 0.3 is 5.97 Å². The number of carbonyl (C=O) groups is 1. The lowest BCUT2D eigenvalue weighted by Gasteiger charge is -2.12. The first-order valence-electron chi connectivity index (χ1n) is 7.21. The molecule has 7 nitrogen and oxygen atoms in total. The van der Waals surface area contributed by atoms with Crippen molar-refractivity contribution in [3.63, 3.8) is 0 Å². The summed E-state index contributed by atoms with van der Waals surface area (Å²) >= 11 is 6.07. The molecule has 25 heavy (non-hydrogen) atoms.